The Morgan fingerprint density at radius 3 is 2.79 bits per heavy atom. The molecule has 0 radical (unpaired) electrons. The summed E-state index contributed by atoms with van der Waals surface area (Å²) in [5.74, 6) is 0. The molecule has 0 aliphatic heterocycles. The first kappa shape index (κ1) is 14.5. The van der Waals surface area contributed by atoms with Crippen molar-refractivity contribution >= 4 is 22.9 Å². The monoisotopic (exact) mass is 296 g/mol. The number of halogens is 1. The smallest absolute Gasteiger partial charge is 0.0945 e. The highest BCUT2D eigenvalue weighted by Crippen LogP contribution is 2.23. The molecule has 0 saturated heterocycles. The lowest BCUT2D eigenvalue weighted by Crippen LogP contribution is -2.21. The fraction of sp³-hybridized carbons (Fsp3) is 0.357. The van der Waals surface area contributed by atoms with Crippen molar-refractivity contribution in [2.24, 2.45) is 0 Å². The van der Waals surface area contributed by atoms with Gasteiger partial charge in [0.25, 0.3) is 0 Å². The van der Waals surface area contributed by atoms with Gasteiger partial charge in [-0.1, -0.05) is 23.7 Å². The Balaban J connectivity index is 1.86. The summed E-state index contributed by atoms with van der Waals surface area (Å²) in [7, 11) is 1.71. The highest BCUT2D eigenvalue weighted by Gasteiger charge is 2.04. The van der Waals surface area contributed by atoms with Crippen LogP contribution in [0.25, 0.3) is 11.3 Å². The van der Waals surface area contributed by atoms with Crippen molar-refractivity contribution in [3.05, 3.63) is 39.7 Å². The normalized spacial score (nSPS) is 10.8. The van der Waals surface area contributed by atoms with Crippen molar-refractivity contribution in [1.82, 2.24) is 10.3 Å². The molecule has 1 heterocycles. The molecular weight excluding hydrogens is 280 g/mol. The average molecular weight is 297 g/mol. The zero-order valence-corrected chi connectivity index (χ0v) is 12.4. The molecule has 102 valence electrons. The van der Waals surface area contributed by atoms with Crippen molar-refractivity contribution in [3.63, 3.8) is 0 Å². The van der Waals surface area contributed by atoms with Gasteiger partial charge in [-0.15, -0.1) is 11.3 Å². The lowest BCUT2D eigenvalue weighted by Gasteiger charge is -2.01. The predicted molar refractivity (Wildman–Crippen MR) is 81.0 cm³/mol. The van der Waals surface area contributed by atoms with Crippen LogP contribution in [0.2, 0.25) is 5.02 Å². The largest absolute Gasteiger partial charge is 0.383 e. The topological polar surface area (TPSA) is 34.1 Å². The Morgan fingerprint density at radius 1 is 1.26 bits per heavy atom. The Morgan fingerprint density at radius 2 is 2.05 bits per heavy atom. The van der Waals surface area contributed by atoms with Crippen LogP contribution in [-0.4, -0.2) is 31.8 Å². The molecule has 1 aromatic carbocycles. The minimum absolute atomic E-state index is 0.744. The summed E-state index contributed by atoms with van der Waals surface area (Å²) < 4.78 is 4.98. The lowest BCUT2D eigenvalue weighted by molar-refractivity contribution is 0.199. The molecule has 0 atom stereocenters. The molecule has 2 rings (SSSR count). The molecule has 0 fully saturated rings. The van der Waals surface area contributed by atoms with E-state index in [2.05, 4.69) is 15.7 Å². The summed E-state index contributed by atoms with van der Waals surface area (Å²) in [5.41, 5.74) is 2.13. The van der Waals surface area contributed by atoms with Gasteiger partial charge >= 0.3 is 0 Å². The fourth-order valence-electron chi connectivity index (χ4n) is 1.67. The maximum Gasteiger partial charge on any atom is 0.0945 e. The van der Waals surface area contributed by atoms with Gasteiger partial charge in [0, 0.05) is 42.6 Å². The molecule has 2 aromatic rings. The number of thiazole rings is 1. The van der Waals surface area contributed by atoms with Gasteiger partial charge in [-0.25, -0.2) is 4.98 Å². The van der Waals surface area contributed by atoms with Crippen LogP contribution < -0.4 is 5.32 Å². The maximum absolute atomic E-state index is 5.88. The fourth-order valence-corrected chi connectivity index (χ4v) is 2.61. The lowest BCUT2D eigenvalue weighted by atomic mass is 10.2. The van der Waals surface area contributed by atoms with E-state index in [0.29, 0.717) is 0 Å². The number of aromatic nitrogens is 1. The van der Waals surface area contributed by atoms with Gasteiger partial charge in [0.2, 0.25) is 0 Å². The number of methoxy groups -OCH3 is 1. The zero-order chi connectivity index (χ0) is 13.5. The number of ether oxygens (including phenoxy) is 1. The van der Waals surface area contributed by atoms with Gasteiger partial charge in [0.1, 0.15) is 0 Å². The molecule has 1 aromatic heterocycles. The third-order valence-electron chi connectivity index (χ3n) is 2.69. The Bertz CT molecular complexity index is 498. The van der Waals surface area contributed by atoms with Crippen molar-refractivity contribution in [2.75, 3.05) is 26.8 Å². The van der Waals surface area contributed by atoms with Crippen molar-refractivity contribution in [1.29, 1.82) is 0 Å². The molecular formula is C14H17ClN2OS. The van der Waals surface area contributed by atoms with E-state index in [1.54, 1.807) is 18.4 Å². The summed E-state index contributed by atoms with van der Waals surface area (Å²) >= 11 is 7.58. The van der Waals surface area contributed by atoms with E-state index in [-0.39, 0.29) is 0 Å². The summed E-state index contributed by atoms with van der Waals surface area (Å²) in [5, 5.41) is 7.31. The SMILES string of the molecule is COCCNCCc1nc(-c2ccc(Cl)cc2)cs1. The van der Waals surface area contributed by atoms with Crippen LogP contribution in [0.5, 0.6) is 0 Å². The van der Waals surface area contributed by atoms with Crippen LogP contribution in [-0.2, 0) is 11.2 Å². The standard InChI is InChI=1S/C14H17ClN2OS/c1-18-9-8-16-7-6-14-17-13(10-19-14)11-2-4-12(15)5-3-11/h2-5,10,16H,6-9H2,1H3. The minimum atomic E-state index is 0.744. The van der Waals surface area contributed by atoms with Gasteiger partial charge in [-0.2, -0.15) is 0 Å². The van der Waals surface area contributed by atoms with E-state index in [0.717, 1.165) is 47.4 Å². The van der Waals surface area contributed by atoms with Gasteiger partial charge in [-0.05, 0) is 12.1 Å². The predicted octanol–water partition coefficient (Wildman–Crippen LogP) is 3.24. The molecule has 5 heteroatoms. The highest BCUT2D eigenvalue weighted by molar-refractivity contribution is 7.09. The molecule has 3 nitrogen and oxygen atoms in total. The first-order chi connectivity index (χ1) is 9.29. The van der Waals surface area contributed by atoms with Gasteiger partial charge < -0.3 is 10.1 Å². The van der Waals surface area contributed by atoms with Crippen molar-refractivity contribution in [3.8, 4) is 11.3 Å². The first-order valence-corrected chi connectivity index (χ1v) is 7.45. The number of benzene rings is 1. The Labute approximate surface area is 122 Å². The summed E-state index contributed by atoms with van der Waals surface area (Å²) in [6.45, 7) is 2.55. The minimum Gasteiger partial charge on any atom is -0.383 e. The second-order valence-electron chi connectivity index (χ2n) is 4.13. The quantitative estimate of drug-likeness (QED) is 0.797. The van der Waals surface area contributed by atoms with E-state index >= 15 is 0 Å². The molecule has 0 aliphatic rings. The number of hydrogen-bond acceptors (Lipinski definition) is 4. The molecule has 0 amide bonds. The van der Waals surface area contributed by atoms with Gasteiger partial charge in [0.05, 0.1) is 17.3 Å². The van der Waals surface area contributed by atoms with E-state index in [4.69, 9.17) is 16.3 Å². The molecule has 0 aliphatic carbocycles. The van der Waals surface area contributed by atoms with Gasteiger partial charge in [-0.3, -0.25) is 0 Å². The number of nitrogens with one attached hydrogen (secondary N) is 1. The van der Waals surface area contributed by atoms with Crippen LogP contribution >= 0.6 is 22.9 Å². The van der Waals surface area contributed by atoms with Crippen molar-refractivity contribution in [2.45, 2.75) is 6.42 Å². The molecule has 0 spiro atoms. The number of nitrogens with zero attached hydrogens (tertiary/aromatic N) is 1. The Kier molecular flexibility index (Phi) is 5.79. The number of hydrogen-bond donors (Lipinski definition) is 1. The van der Waals surface area contributed by atoms with E-state index in [1.165, 1.54) is 0 Å². The third-order valence-corrected chi connectivity index (χ3v) is 3.85. The second kappa shape index (κ2) is 7.60. The summed E-state index contributed by atoms with van der Waals surface area (Å²) in [6, 6.07) is 7.78. The molecule has 19 heavy (non-hydrogen) atoms. The first-order valence-electron chi connectivity index (χ1n) is 6.19. The third kappa shape index (κ3) is 4.58. The highest BCUT2D eigenvalue weighted by atomic mass is 35.5. The van der Waals surface area contributed by atoms with Crippen molar-refractivity contribution < 1.29 is 4.74 Å². The van der Waals surface area contributed by atoms with Crippen LogP contribution in [0.4, 0.5) is 0 Å². The second-order valence-corrected chi connectivity index (χ2v) is 5.51. The van der Waals surface area contributed by atoms with E-state index < -0.39 is 0 Å². The van der Waals surface area contributed by atoms with E-state index in [9.17, 15) is 0 Å². The number of rotatable bonds is 7. The summed E-state index contributed by atoms with van der Waals surface area (Å²) in [6.07, 6.45) is 0.946. The average Bonchev–Trinajstić information content (AvgIpc) is 2.88. The zero-order valence-electron chi connectivity index (χ0n) is 10.9. The van der Waals surface area contributed by atoms with Crippen LogP contribution in [0.3, 0.4) is 0 Å². The molecule has 0 saturated carbocycles. The molecule has 1 N–H and O–H groups in total. The summed E-state index contributed by atoms with van der Waals surface area (Å²) in [4.78, 5) is 4.63. The van der Waals surface area contributed by atoms with E-state index in [1.807, 2.05) is 24.3 Å². The van der Waals surface area contributed by atoms with Crippen LogP contribution in [0.15, 0.2) is 29.6 Å². The van der Waals surface area contributed by atoms with Gasteiger partial charge in [0.15, 0.2) is 0 Å². The molecule has 0 bridgehead atoms. The van der Waals surface area contributed by atoms with Crippen LogP contribution in [0.1, 0.15) is 5.01 Å². The Hall–Kier alpha value is -0.940. The van der Waals surface area contributed by atoms with Crippen LogP contribution in [0, 0.1) is 0 Å². The molecule has 0 unspecified atom stereocenters. The maximum atomic E-state index is 5.88.